The van der Waals surface area contributed by atoms with Crippen LogP contribution in [0.25, 0.3) is 0 Å². The van der Waals surface area contributed by atoms with Gasteiger partial charge in [-0.1, -0.05) is 12.1 Å². The summed E-state index contributed by atoms with van der Waals surface area (Å²) in [7, 11) is 3.83. The molecule has 3 rings (SSSR count). The first kappa shape index (κ1) is 15.2. The molecule has 22 heavy (non-hydrogen) atoms. The molecule has 0 spiro atoms. The van der Waals surface area contributed by atoms with E-state index < -0.39 is 0 Å². The fraction of sp³-hybridized carbons (Fsp3) is 0.588. The lowest BCUT2D eigenvalue weighted by Gasteiger charge is -2.36. The Morgan fingerprint density at radius 3 is 2.45 bits per heavy atom. The Hall–Kier alpha value is -1.75. The minimum absolute atomic E-state index is 0.247. The van der Waals surface area contributed by atoms with Crippen molar-refractivity contribution < 1.29 is 14.3 Å². The third kappa shape index (κ3) is 3.35. The molecule has 2 saturated heterocycles. The number of hydrogen-bond acceptors (Lipinski definition) is 4. The average molecular weight is 304 g/mol. The smallest absolute Gasteiger partial charge is 0.407 e. The molecule has 1 aromatic rings. The second-order valence-corrected chi connectivity index (χ2v) is 6.29. The molecule has 2 aliphatic rings. The number of benzene rings is 1. The van der Waals surface area contributed by atoms with E-state index >= 15 is 0 Å². The lowest BCUT2D eigenvalue weighted by atomic mass is 9.98. The predicted octanol–water partition coefficient (Wildman–Crippen LogP) is 2.55. The molecule has 5 nitrogen and oxygen atoms in total. The maximum atomic E-state index is 12.0. The third-order valence-corrected chi connectivity index (χ3v) is 4.95. The zero-order valence-electron chi connectivity index (χ0n) is 13.2. The quantitative estimate of drug-likeness (QED) is 0.929. The molecule has 2 heterocycles. The normalized spacial score (nSPS) is 27.5. The summed E-state index contributed by atoms with van der Waals surface area (Å²) in [5.41, 5.74) is 0.958. The van der Waals surface area contributed by atoms with Crippen molar-refractivity contribution in [3.8, 4) is 5.75 Å². The van der Waals surface area contributed by atoms with Gasteiger partial charge in [0.2, 0.25) is 0 Å². The standard InChI is InChI=1S/C17H24N2O3/c1-19-14-5-6-15(19)10-13(9-14)18-17(20)22-11-12-3-7-16(21-2)8-4-12/h3-4,7-8,13-15H,5-6,9-11H2,1-2H3,(H,18,20)/t13?,14-,15+. The van der Waals surface area contributed by atoms with Crippen LogP contribution in [0, 0.1) is 0 Å². The minimum atomic E-state index is -0.315. The Kier molecular flexibility index (Phi) is 4.52. The van der Waals surface area contributed by atoms with Crippen molar-refractivity contribution in [1.82, 2.24) is 10.2 Å². The average Bonchev–Trinajstić information content (AvgIpc) is 2.75. The molecular weight excluding hydrogens is 280 g/mol. The molecule has 0 radical (unpaired) electrons. The van der Waals surface area contributed by atoms with E-state index in [1.165, 1.54) is 12.8 Å². The number of nitrogens with one attached hydrogen (secondary N) is 1. The van der Waals surface area contributed by atoms with Crippen LogP contribution in [0.4, 0.5) is 4.79 Å². The van der Waals surface area contributed by atoms with E-state index in [2.05, 4.69) is 17.3 Å². The van der Waals surface area contributed by atoms with Crippen molar-refractivity contribution in [2.75, 3.05) is 14.2 Å². The number of carbonyl (C=O) groups excluding carboxylic acids is 1. The highest BCUT2D eigenvalue weighted by molar-refractivity contribution is 5.67. The largest absolute Gasteiger partial charge is 0.497 e. The molecule has 2 fully saturated rings. The van der Waals surface area contributed by atoms with Gasteiger partial charge in [0.1, 0.15) is 12.4 Å². The van der Waals surface area contributed by atoms with E-state index in [1.54, 1.807) is 7.11 Å². The van der Waals surface area contributed by atoms with Gasteiger partial charge < -0.3 is 19.7 Å². The molecule has 1 amide bonds. The number of rotatable bonds is 4. The first-order valence-corrected chi connectivity index (χ1v) is 7.94. The second kappa shape index (κ2) is 6.57. The Bertz CT molecular complexity index is 503. The zero-order valence-corrected chi connectivity index (χ0v) is 13.2. The van der Waals surface area contributed by atoms with Crippen molar-refractivity contribution in [3.05, 3.63) is 29.8 Å². The monoisotopic (exact) mass is 304 g/mol. The SMILES string of the molecule is COc1ccc(COC(=O)NC2C[C@H]3CC[C@@H](C2)N3C)cc1. The molecule has 1 N–H and O–H groups in total. The number of hydrogen-bond donors (Lipinski definition) is 1. The Morgan fingerprint density at radius 1 is 1.23 bits per heavy atom. The summed E-state index contributed by atoms with van der Waals surface area (Å²) in [4.78, 5) is 14.4. The molecule has 1 aromatic carbocycles. The van der Waals surface area contributed by atoms with E-state index in [-0.39, 0.29) is 18.7 Å². The van der Waals surface area contributed by atoms with E-state index in [1.807, 2.05) is 24.3 Å². The highest BCUT2D eigenvalue weighted by Gasteiger charge is 2.38. The number of carbonyl (C=O) groups is 1. The summed E-state index contributed by atoms with van der Waals surface area (Å²) >= 11 is 0. The first-order valence-electron chi connectivity index (χ1n) is 7.94. The van der Waals surface area contributed by atoms with E-state index in [4.69, 9.17) is 9.47 Å². The van der Waals surface area contributed by atoms with Crippen molar-refractivity contribution in [2.45, 2.75) is 50.4 Å². The van der Waals surface area contributed by atoms with E-state index in [9.17, 15) is 4.79 Å². The molecule has 0 aromatic heterocycles. The van der Waals surface area contributed by atoms with Crippen LogP contribution in [0.3, 0.4) is 0 Å². The number of piperidine rings is 1. The van der Waals surface area contributed by atoms with Crippen molar-refractivity contribution >= 4 is 6.09 Å². The first-order chi connectivity index (χ1) is 10.7. The van der Waals surface area contributed by atoms with Crippen LogP contribution in [0.1, 0.15) is 31.2 Å². The van der Waals surface area contributed by atoms with Crippen molar-refractivity contribution in [1.29, 1.82) is 0 Å². The van der Waals surface area contributed by atoms with Crippen LogP contribution in [0.15, 0.2) is 24.3 Å². The molecule has 3 atom stereocenters. The van der Waals surface area contributed by atoms with Gasteiger partial charge in [0.15, 0.2) is 0 Å². The number of fused-ring (bicyclic) bond motifs is 2. The number of alkyl carbamates (subject to hydrolysis) is 1. The summed E-state index contributed by atoms with van der Waals surface area (Å²) in [6.45, 7) is 0.287. The Morgan fingerprint density at radius 2 is 1.86 bits per heavy atom. The van der Waals surface area contributed by atoms with Gasteiger partial charge in [-0.3, -0.25) is 0 Å². The summed E-state index contributed by atoms with van der Waals surface area (Å²) < 4.78 is 10.4. The molecule has 0 saturated carbocycles. The highest BCUT2D eigenvalue weighted by Crippen LogP contribution is 2.34. The molecule has 0 aliphatic carbocycles. The number of amides is 1. The summed E-state index contributed by atoms with van der Waals surface area (Å²) in [5.74, 6) is 0.801. The summed E-state index contributed by atoms with van der Waals surface area (Å²) in [6, 6.07) is 9.02. The van der Waals surface area contributed by atoms with Gasteiger partial charge in [0, 0.05) is 18.1 Å². The zero-order chi connectivity index (χ0) is 15.5. The van der Waals surface area contributed by atoms with Gasteiger partial charge in [0.05, 0.1) is 7.11 Å². The van der Waals surface area contributed by atoms with Crippen LogP contribution in [-0.4, -0.2) is 43.3 Å². The summed E-state index contributed by atoms with van der Waals surface area (Å²) in [6.07, 6.45) is 4.25. The van der Waals surface area contributed by atoms with Crippen LogP contribution < -0.4 is 10.1 Å². The Balaban J connectivity index is 1.44. The number of nitrogens with zero attached hydrogens (tertiary/aromatic N) is 1. The maximum absolute atomic E-state index is 12.0. The van der Waals surface area contributed by atoms with Crippen molar-refractivity contribution in [3.63, 3.8) is 0 Å². The van der Waals surface area contributed by atoms with Crippen LogP contribution in [0.2, 0.25) is 0 Å². The van der Waals surface area contributed by atoms with Gasteiger partial charge >= 0.3 is 6.09 Å². The van der Waals surface area contributed by atoms with Crippen LogP contribution >= 0.6 is 0 Å². The minimum Gasteiger partial charge on any atom is -0.497 e. The summed E-state index contributed by atoms with van der Waals surface area (Å²) in [5, 5.41) is 3.02. The Labute approximate surface area is 131 Å². The fourth-order valence-corrected chi connectivity index (χ4v) is 3.61. The predicted molar refractivity (Wildman–Crippen MR) is 83.9 cm³/mol. The number of ether oxygens (including phenoxy) is 2. The molecule has 5 heteroatoms. The van der Waals surface area contributed by atoms with Gasteiger partial charge in [-0.15, -0.1) is 0 Å². The lowest BCUT2D eigenvalue weighted by Crippen LogP contribution is -2.48. The topological polar surface area (TPSA) is 50.8 Å². The van der Waals surface area contributed by atoms with Gasteiger partial charge in [-0.2, -0.15) is 0 Å². The molecular formula is C17H24N2O3. The molecule has 2 aliphatic heterocycles. The molecule has 2 bridgehead atoms. The highest BCUT2D eigenvalue weighted by atomic mass is 16.5. The third-order valence-electron chi connectivity index (χ3n) is 4.95. The second-order valence-electron chi connectivity index (χ2n) is 6.29. The van der Waals surface area contributed by atoms with Gasteiger partial charge in [-0.05, 0) is 50.4 Å². The molecule has 120 valence electrons. The maximum Gasteiger partial charge on any atom is 0.407 e. The number of methoxy groups -OCH3 is 1. The molecule has 1 unspecified atom stereocenters. The van der Waals surface area contributed by atoms with Gasteiger partial charge in [-0.25, -0.2) is 4.79 Å². The van der Waals surface area contributed by atoms with E-state index in [0.717, 1.165) is 24.2 Å². The van der Waals surface area contributed by atoms with Crippen LogP contribution in [0.5, 0.6) is 5.75 Å². The van der Waals surface area contributed by atoms with Crippen LogP contribution in [-0.2, 0) is 11.3 Å². The van der Waals surface area contributed by atoms with Gasteiger partial charge in [0.25, 0.3) is 0 Å². The lowest BCUT2D eigenvalue weighted by molar-refractivity contribution is 0.115. The van der Waals surface area contributed by atoms with Crippen molar-refractivity contribution in [2.24, 2.45) is 0 Å². The van der Waals surface area contributed by atoms with E-state index in [0.29, 0.717) is 12.1 Å². The fourth-order valence-electron chi connectivity index (χ4n) is 3.61.